The number of hydrogen-bond acceptors (Lipinski definition) is 9. The fourth-order valence-corrected chi connectivity index (χ4v) is 2.61. The number of morpholine rings is 1. The van der Waals surface area contributed by atoms with E-state index in [1.165, 1.54) is 12.5 Å². The Labute approximate surface area is 154 Å². The van der Waals surface area contributed by atoms with E-state index in [0.717, 1.165) is 19.6 Å². The Balaban J connectivity index is 1.70. The maximum atomic E-state index is 11.5. The van der Waals surface area contributed by atoms with Gasteiger partial charge in [-0.1, -0.05) is 11.6 Å². The van der Waals surface area contributed by atoms with Gasteiger partial charge in [-0.2, -0.15) is 0 Å². The molecule has 0 saturated carbocycles. The molecule has 0 aromatic carbocycles. The highest BCUT2D eigenvalue weighted by atomic mass is 35.5. The molecule has 10 nitrogen and oxygen atoms in total. The Hall–Kier alpha value is -2.56. The lowest BCUT2D eigenvalue weighted by Crippen LogP contribution is -2.39. The van der Waals surface area contributed by atoms with Gasteiger partial charge in [0.1, 0.15) is 12.1 Å². The lowest BCUT2D eigenvalue weighted by atomic mass is 10.3. The van der Waals surface area contributed by atoms with Crippen LogP contribution in [-0.2, 0) is 4.74 Å². The predicted molar refractivity (Wildman–Crippen MR) is 97.0 cm³/mol. The molecular weight excluding hydrogens is 362 g/mol. The number of pyridine rings is 1. The number of aromatic nitrogens is 3. The van der Waals surface area contributed by atoms with E-state index in [-0.39, 0.29) is 17.3 Å². The topological polar surface area (TPSA) is 118 Å². The Morgan fingerprint density at radius 2 is 2.00 bits per heavy atom. The van der Waals surface area contributed by atoms with E-state index >= 15 is 0 Å². The number of nitro groups is 1. The van der Waals surface area contributed by atoms with Crippen LogP contribution in [0.15, 0.2) is 24.7 Å². The van der Waals surface area contributed by atoms with Gasteiger partial charge in [-0.3, -0.25) is 15.0 Å². The van der Waals surface area contributed by atoms with Crippen molar-refractivity contribution in [2.75, 3.05) is 50.0 Å². The Morgan fingerprint density at radius 1 is 1.23 bits per heavy atom. The summed E-state index contributed by atoms with van der Waals surface area (Å²) in [4.78, 5) is 25.3. The third kappa shape index (κ3) is 4.75. The van der Waals surface area contributed by atoms with Crippen LogP contribution in [0, 0.1) is 10.1 Å². The molecule has 26 heavy (non-hydrogen) atoms. The summed E-state index contributed by atoms with van der Waals surface area (Å²) in [6, 6.07) is 3.24. The van der Waals surface area contributed by atoms with E-state index < -0.39 is 4.92 Å². The molecule has 0 amide bonds. The molecule has 1 fully saturated rings. The van der Waals surface area contributed by atoms with Crippen molar-refractivity contribution >= 4 is 34.7 Å². The van der Waals surface area contributed by atoms with Gasteiger partial charge in [0.05, 0.1) is 23.2 Å². The van der Waals surface area contributed by atoms with Crippen molar-refractivity contribution in [3.8, 4) is 0 Å². The third-order valence-electron chi connectivity index (χ3n) is 3.80. The Bertz CT molecular complexity index is 753. The summed E-state index contributed by atoms with van der Waals surface area (Å²) < 4.78 is 5.30. The molecule has 3 rings (SSSR count). The van der Waals surface area contributed by atoms with Gasteiger partial charge >= 0.3 is 5.69 Å². The molecule has 1 aliphatic heterocycles. The van der Waals surface area contributed by atoms with Crippen LogP contribution >= 0.6 is 11.6 Å². The molecule has 2 aromatic rings. The average Bonchev–Trinajstić information content (AvgIpc) is 2.64. The van der Waals surface area contributed by atoms with Crippen LogP contribution in [0.4, 0.5) is 23.1 Å². The molecule has 0 bridgehead atoms. The second-order valence-corrected chi connectivity index (χ2v) is 5.98. The molecule has 0 radical (unpaired) electrons. The predicted octanol–water partition coefficient (Wildman–Crippen LogP) is 1.92. The summed E-state index contributed by atoms with van der Waals surface area (Å²) in [5.74, 6) is 0.624. The second kappa shape index (κ2) is 8.70. The van der Waals surface area contributed by atoms with Gasteiger partial charge in [0.25, 0.3) is 0 Å². The molecule has 2 aromatic heterocycles. The minimum absolute atomic E-state index is 0.0636. The SMILES string of the molecule is O=[N+]([O-])c1c(NCCN2CCOCC2)ncnc1Nc1ccc(Cl)cn1. The standard InChI is InChI=1S/C15H18ClN7O3/c16-11-1-2-12(18-9-11)21-15-13(23(24)25)14(19-10-20-15)17-3-4-22-5-7-26-8-6-22/h1-2,9-10H,3-8H2,(H2,17,18,19,20,21). The summed E-state index contributed by atoms with van der Waals surface area (Å²) in [6.07, 6.45) is 2.71. The van der Waals surface area contributed by atoms with E-state index in [2.05, 4.69) is 30.5 Å². The number of nitrogens with zero attached hydrogens (tertiary/aromatic N) is 5. The number of nitrogens with one attached hydrogen (secondary N) is 2. The fourth-order valence-electron chi connectivity index (χ4n) is 2.50. The van der Waals surface area contributed by atoms with Crippen molar-refractivity contribution in [2.24, 2.45) is 0 Å². The van der Waals surface area contributed by atoms with Crippen molar-refractivity contribution < 1.29 is 9.66 Å². The first-order valence-corrected chi connectivity index (χ1v) is 8.43. The van der Waals surface area contributed by atoms with Gasteiger partial charge in [-0.15, -0.1) is 0 Å². The zero-order chi connectivity index (χ0) is 18.4. The molecule has 138 valence electrons. The zero-order valence-electron chi connectivity index (χ0n) is 13.9. The molecule has 1 saturated heterocycles. The molecule has 0 unspecified atom stereocenters. The van der Waals surface area contributed by atoms with Crippen LogP contribution in [0.3, 0.4) is 0 Å². The Morgan fingerprint density at radius 3 is 2.69 bits per heavy atom. The highest BCUT2D eigenvalue weighted by Crippen LogP contribution is 2.30. The summed E-state index contributed by atoms with van der Waals surface area (Å²) in [6.45, 7) is 4.37. The van der Waals surface area contributed by atoms with Crippen LogP contribution < -0.4 is 10.6 Å². The Kier molecular flexibility index (Phi) is 6.10. The summed E-state index contributed by atoms with van der Waals surface area (Å²) >= 11 is 5.80. The smallest absolute Gasteiger partial charge is 0.353 e. The third-order valence-corrected chi connectivity index (χ3v) is 4.03. The van der Waals surface area contributed by atoms with Crippen molar-refractivity contribution in [1.82, 2.24) is 19.9 Å². The van der Waals surface area contributed by atoms with E-state index in [4.69, 9.17) is 16.3 Å². The molecule has 0 spiro atoms. The molecule has 2 N–H and O–H groups in total. The van der Waals surface area contributed by atoms with Gasteiger partial charge in [-0.05, 0) is 12.1 Å². The van der Waals surface area contributed by atoms with Crippen molar-refractivity contribution in [3.63, 3.8) is 0 Å². The molecule has 11 heteroatoms. The first kappa shape index (κ1) is 18.2. The van der Waals surface area contributed by atoms with Crippen molar-refractivity contribution in [2.45, 2.75) is 0 Å². The second-order valence-electron chi connectivity index (χ2n) is 5.54. The molecule has 0 atom stereocenters. The monoisotopic (exact) mass is 379 g/mol. The van der Waals surface area contributed by atoms with Crippen LogP contribution in [0.5, 0.6) is 0 Å². The number of hydrogen-bond donors (Lipinski definition) is 2. The van der Waals surface area contributed by atoms with E-state index in [9.17, 15) is 10.1 Å². The van der Waals surface area contributed by atoms with Gasteiger partial charge < -0.3 is 15.4 Å². The van der Waals surface area contributed by atoms with Crippen molar-refractivity contribution in [3.05, 3.63) is 39.8 Å². The summed E-state index contributed by atoms with van der Waals surface area (Å²) in [7, 11) is 0. The first-order chi connectivity index (χ1) is 12.6. The molecular formula is C15H18ClN7O3. The van der Waals surface area contributed by atoms with E-state index in [1.54, 1.807) is 12.1 Å². The molecule has 3 heterocycles. The normalized spacial score (nSPS) is 14.8. The molecule has 0 aliphatic carbocycles. The van der Waals surface area contributed by atoms with Gasteiger partial charge in [0.2, 0.25) is 11.6 Å². The fraction of sp³-hybridized carbons (Fsp3) is 0.400. The van der Waals surface area contributed by atoms with E-state index in [0.29, 0.717) is 30.6 Å². The largest absolute Gasteiger partial charge is 0.379 e. The van der Waals surface area contributed by atoms with Crippen LogP contribution in [0.1, 0.15) is 0 Å². The van der Waals surface area contributed by atoms with Crippen molar-refractivity contribution in [1.29, 1.82) is 0 Å². The highest BCUT2D eigenvalue weighted by molar-refractivity contribution is 6.30. The number of halogens is 1. The van der Waals surface area contributed by atoms with Gasteiger partial charge in [0, 0.05) is 32.4 Å². The van der Waals surface area contributed by atoms with Crippen LogP contribution in [0.25, 0.3) is 0 Å². The van der Waals surface area contributed by atoms with Gasteiger partial charge in [0.15, 0.2) is 0 Å². The average molecular weight is 380 g/mol. The lowest BCUT2D eigenvalue weighted by Gasteiger charge is -2.26. The summed E-state index contributed by atoms with van der Waals surface area (Å²) in [5.41, 5.74) is -0.230. The quantitative estimate of drug-likeness (QED) is 0.549. The van der Waals surface area contributed by atoms with Crippen LogP contribution in [0.2, 0.25) is 5.02 Å². The maximum absolute atomic E-state index is 11.5. The number of ether oxygens (including phenoxy) is 1. The van der Waals surface area contributed by atoms with Crippen LogP contribution in [-0.4, -0.2) is 64.2 Å². The zero-order valence-corrected chi connectivity index (χ0v) is 14.6. The minimum Gasteiger partial charge on any atom is -0.379 e. The van der Waals surface area contributed by atoms with E-state index in [1.807, 2.05) is 0 Å². The lowest BCUT2D eigenvalue weighted by molar-refractivity contribution is -0.383. The maximum Gasteiger partial charge on any atom is 0.353 e. The highest BCUT2D eigenvalue weighted by Gasteiger charge is 2.23. The number of rotatable bonds is 7. The van der Waals surface area contributed by atoms with Gasteiger partial charge in [-0.25, -0.2) is 15.0 Å². The number of anilines is 3. The minimum atomic E-state index is -0.519. The molecule has 1 aliphatic rings. The summed E-state index contributed by atoms with van der Waals surface area (Å²) in [5, 5.41) is 17.9. The first-order valence-electron chi connectivity index (χ1n) is 8.05.